The lowest BCUT2D eigenvalue weighted by Crippen LogP contribution is -2.03. The van der Waals surface area contributed by atoms with Gasteiger partial charge in [0.1, 0.15) is 5.15 Å². The van der Waals surface area contributed by atoms with Crippen molar-refractivity contribution in [3.63, 3.8) is 0 Å². The highest BCUT2D eigenvalue weighted by atomic mass is 35.5. The van der Waals surface area contributed by atoms with Crippen molar-refractivity contribution in [1.29, 1.82) is 5.26 Å². The van der Waals surface area contributed by atoms with Gasteiger partial charge in [-0.1, -0.05) is 54.1 Å². The van der Waals surface area contributed by atoms with Gasteiger partial charge in [-0.25, -0.2) is 4.68 Å². The summed E-state index contributed by atoms with van der Waals surface area (Å²) in [5, 5.41) is 13.9. The predicted molar refractivity (Wildman–Crippen MR) is 104 cm³/mol. The molecule has 2 aromatic carbocycles. The first kappa shape index (κ1) is 18.4. The summed E-state index contributed by atoms with van der Waals surface area (Å²) in [5.41, 5.74) is 4.28. The number of benzene rings is 2. The minimum absolute atomic E-state index is 0.361. The largest absolute Gasteiger partial charge is 0.259 e. The van der Waals surface area contributed by atoms with E-state index >= 15 is 0 Å². The van der Waals surface area contributed by atoms with Crippen molar-refractivity contribution in [3.05, 3.63) is 87.7 Å². The maximum Gasteiger partial charge on any atom is 0.131 e. The van der Waals surface area contributed by atoms with Crippen LogP contribution in [0.2, 0.25) is 5.15 Å². The number of nitriles is 1. The van der Waals surface area contributed by atoms with E-state index in [4.69, 9.17) is 16.9 Å². The van der Waals surface area contributed by atoms with Gasteiger partial charge in [0, 0.05) is 22.1 Å². The second-order valence-electron chi connectivity index (χ2n) is 6.04. The van der Waals surface area contributed by atoms with Crippen LogP contribution in [0.15, 0.2) is 54.6 Å². The summed E-state index contributed by atoms with van der Waals surface area (Å²) < 4.78 is 14.3. The molecule has 132 valence electrons. The van der Waals surface area contributed by atoms with Crippen LogP contribution in [0.5, 0.6) is 0 Å². The molecule has 1 heterocycles. The van der Waals surface area contributed by atoms with Gasteiger partial charge in [0.15, 0.2) is 0 Å². The van der Waals surface area contributed by atoms with Crippen LogP contribution in [0.1, 0.15) is 27.9 Å². The Labute approximate surface area is 160 Å². The van der Waals surface area contributed by atoms with Crippen LogP contribution in [-0.4, -0.2) is 14.0 Å². The molecule has 0 aliphatic rings. The Morgan fingerprint density at radius 2 is 1.77 bits per heavy atom. The molecule has 4 nitrogen and oxygen atoms in total. The molecule has 0 saturated carbocycles. The average molecular weight is 384 g/mol. The fraction of sp³-hybridized carbons (Fsp3) is 0.200. The molecule has 3 aromatic rings. The van der Waals surface area contributed by atoms with E-state index in [0.29, 0.717) is 28.8 Å². The summed E-state index contributed by atoms with van der Waals surface area (Å²) in [6.45, 7) is 2.48. The first-order valence-electron chi connectivity index (χ1n) is 8.16. The van der Waals surface area contributed by atoms with Crippen molar-refractivity contribution >= 4 is 22.4 Å². The van der Waals surface area contributed by atoms with Crippen molar-refractivity contribution in [2.75, 3.05) is 0 Å². The Morgan fingerprint density at radius 1 is 1.08 bits per heavy atom. The Bertz CT molecular complexity index is 959. The molecule has 0 radical (unpaired) electrons. The highest BCUT2D eigenvalue weighted by Crippen LogP contribution is 2.23. The number of aryl methyl sites for hydroxylation is 1. The zero-order valence-corrected chi connectivity index (χ0v) is 15.9. The quantitative estimate of drug-likeness (QED) is 0.640. The van der Waals surface area contributed by atoms with Crippen LogP contribution < -0.4 is 0 Å². The van der Waals surface area contributed by atoms with Crippen LogP contribution in [-0.2, 0) is 28.9 Å². The van der Waals surface area contributed by atoms with Crippen molar-refractivity contribution in [1.82, 2.24) is 9.78 Å². The lowest BCUT2D eigenvalue weighted by atomic mass is 10.2. The Kier molecular flexibility index (Phi) is 5.87. The zero-order valence-electron chi connectivity index (χ0n) is 14.4. The Morgan fingerprint density at radius 3 is 2.42 bits per heavy atom. The van der Waals surface area contributed by atoms with E-state index in [-0.39, 0.29) is 0 Å². The first-order valence-corrected chi connectivity index (χ1v) is 10.0. The molecule has 0 fully saturated rings. The molecule has 0 aliphatic carbocycles. The third kappa shape index (κ3) is 4.40. The van der Waals surface area contributed by atoms with Gasteiger partial charge < -0.3 is 0 Å². The fourth-order valence-corrected chi connectivity index (χ4v) is 4.40. The highest BCUT2D eigenvalue weighted by molar-refractivity contribution is 7.83. The van der Waals surface area contributed by atoms with Gasteiger partial charge in [-0.3, -0.25) is 4.21 Å². The van der Waals surface area contributed by atoms with Crippen molar-refractivity contribution in [2.24, 2.45) is 0 Å². The summed E-state index contributed by atoms with van der Waals surface area (Å²) in [7, 11) is -1.10. The third-order valence-corrected chi connectivity index (χ3v) is 5.76. The Hall–Kier alpha value is -2.42. The van der Waals surface area contributed by atoms with Crippen molar-refractivity contribution in [2.45, 2.75) is 25.0 Å². The van der Waals surface area contributed by atoms with Gasteiger partial charge >= 0.3 is 0 Å². The van der Waals surface area contributed by atoms with Gasteiger partial charge in [0.25, 0.3) is 0 Å². The van der Waals surface area contributed by atoms with Crippen LogP contribution >= 0.6 is 11.6 Å². The lowest BCUT2D eigenvalue weighted by molar-refractivity contribution is 0.679. The number of rotatable bonds is 6. The predicted octanol–water partition coefficient (Wildman–Crippen LogP) is 4.21. The lowest BCUT2D eigenvalue weighted by Gasteiger charge is -2.05. The molecule has 26 heavy (non-hydrogen) atoms. The van der Waals surface area contributed by atoms with Crippen LogP contribution in [0.3, 0.4) is 0 Å². The van der Waals surface area contributed by atoms with E-state index in [1.807, 2.05) is 49.4 Å². The summed E-state index contributed by atoms with van der Waals surface area (Å²) in [5.74, 6) is 0.783. The number of aromatic nitrogens is 2. The molecule has 1 unspecified atom stereocenters. The molecule has 3 rings (SSSR count). The summed E-state index contributed by atoms with van der Waals surface area (Å²) >= 11 is 6.50. The van der Waals surface area contributed by atoms with Gasteiger partial charge in [-0.05, 0) is 30.2 Å². The van der Waals surface area contributed by atoms with E-state index in [2.05, 4.69) is 11.2 Å². The van der Waals surface area contributed by atoms with Gasteiger partial charge in [-0.15, -0.1) is 0 Å². The molecule has 0 amide bonds. The molecule has 6 heteroatoms. The van der Waals surface area contributed by atoms with Crippen LogP contribution in [0.4, 0.5) is 0 Å². The fourth-order valence-electron chi connectivity index (χ4n) is 2.69. The third-order valence-electron chi connectivity index (χ3n) is 4.07. The SMILES string of the molecule is Cc1nn(Cc2ccccc2)c(Cl)c1CS(=O)Cc1ccc(C#N)cc1. The van der Waals surface area contributed by atoms with Gasteiger partial charge in [-0.2, -0.15) is 10.4 Å². The zero-order chi connectivity index (χ0) is 18.5. The van der Waals surface area contributed by atoms with Crippen molar-refractivity contribution in [3.8, 4) is 6.07 Å². The number of nitrogens with zero attached hydrogens (tertiary/aromatic N) is 3. The molecule has 0 saturated heterocycles. The van der Waals surface area contributed by atoms with Crippen molar-refractivity contribution < 1.29 is 4.21 Å². The number of halogens is 1. The smallest absolute Gasteiger partial charge is 0.131 e. The van der Waals surface area contributed by atoms with Crippen LogP contribution in [0.25, 0.3) is 0 Å². The minimum atomic E-state index is -1.10. The number of hydrogen-bond donors (Lipinski definition) is 0. The topological polar surface area (TPSA) is 58.7 Å². The molecule has 0 spiro atoms. The van der Waals surface area contributed by atoms with E-state index in [1.54, 1.807) is 16.8 Å². The molecule has 0 aliphatic heterocycles. The minimum Gasteiger partial charge on any atom is -0.259 e. The summed E-state index contributed by atoms with van der Waals surface area (Å²) in [6.07, 6.45) is 0. The molecular formula is C20H18ClN3OS. The summed E-state index contributed by atoms with van der Waals surface area (Å²) in [4.78, 5) is 0. The second-order valence-corrected chi connectivity index (χ2v) is 7.85. The van der Waals surface area contributed by atoms with Crippen LogP contribution in [0, 0.1) is 18.3 Å². The van der Waals surface area contributed by atoms with E-state index < -0.39 is 10.8 Å². The standard InChI is InChI=1S/C20H18ClN3OS/c1-15-19(14-26(25)13-18-9-7-16(11-22)8-10-18)20(21)24(23-15)12-17-5-3-2-4-6-17/h2-10H,12-14H2,1H3. The average Bonchev–Trinajstić information content (AvgIpc) is 2.90. The van der Waals surface area contributed by atoms with E-state index in [0.717, 1.165) is 22.4 Å². The van der Waals surface area contributed by atoms with Gasteiger partial charge in [0.2, 0.25) is 0 Å². The maximum absolute atomic E-state index is 12.6. The molecule has 0 N–H and O–H groups in total. The molecule has 0 bridgehead atoms. The molecule has 1 atom stereocenters. The monoisotopic (exact) mass is 383 g/mol. The Balaban J connectivity index is 1.71. The highest BCUT2D eigenvalue weighted by Gasteiger charge is 2.16. The first-order chi connectivity index (χ1) is 12.6. The van der Waals surface area contributed by atoms with E-state index in [9.17, 15) is 4.21 Å². The maximum atomic E-state index is 12.6. The normalized spacial score (nSPS) is 11.9. The van der Waals surface area contributed by atoms with E-state index in [1.165, 1.54) is 0 Å². The molecular weight excluding hydrogens is 366 g/mol. The second kappa shape index (κ2) is 8.31. The molecule has 1 aromatic heterocycles. The number of hydrogen-bond acceptors (Lipinski definition) is 3. The van der Waals surface area contributed by atoms with Gasteiger partial charge in [0.05, 0.1) is 29.6 Å². The summed E-state index contributed by atoms with van der Waals surface area (Å²) in [6, 6.07) is 19.2.